The molecule has 0 aliphatic heterocycles. The molecule has 1 amide bonds. The number of amides is 1. The van der Waals surface area contributed by atoms with E-state index in [9.17, 15) is 9.59 Å². The van der Waals surface area contributed by atoms with E-state index in [2.05, 4.69) is 10.3 Å². The highest BCUT2D eigenvalue weighted by Crippen LogP contribution is 2.27. The molecular weight excluding hydrogens is 412 g/mol. The second-order valence-corrected chi connectivity index (χ2v) is 9.14. The Labute approximate surface area is 176 Å². The maximum absolute atomic E-state index is 12.5. The summed E-state index contributed by atoms with van der Waals surface area (Å²) in [7, 11) is 0. The number of aryl methyl sites for hydroxylation is 1. The van der Waals surface area contributed by atoms with E-state index < -0.39 is 5.97 Å². The Kier molecular flexibility index (Phi) is 7.24. The van der Waals surface area contributed by atoms with Crippen LogP contribution in [0.5, 0.6) is 0 Å². The number of thioether (sulfide) groups is 1. The molecule has 0 radical (unpaired) electrons. The predicted octanol–water partition coefficient (Wildman–Crippen LogP) is 4.84. The van der Waals surface area contributed by atoms with E-state index >= 15 is 0 Å². The summed E-state index contributed by atoms with van der Waals surface area (Å²) in [4.78, 5) is 30.0. The number of ether oxygens (including phenoxy) is 1. The number of esters is 1. The van der Waals surface area contributed by atoms with E-state index in [0.717, 1.165) is 20.5 Å². The largest absolute Gasteiger partial charge is 0.452 e. The molecule has 1 aromatic carbocycles. The highest BCUT2D eigenvalue weighted by atomic mass is 32.2. The number of hydrogen-bond donors (Lipinski definition) is 1. The van der Waals surface area contributed by atoms with Gasteiger partial charge in [-0.05, 0) is 36.9 Å². The number of thiophene rings is 1. The molecule has 8 heteroatoms. The summed E-state index contributed by atoms with van der Waals surface area (Å²) in [5.74, 6) is -0.204. The Morgan fingerprint density at radius 2 is 2.04 bits per heavy atom. The minimum absolute atomic E-state index is 0.114. The first-order chi connectivity index (χ1) is 13.5. The quantitative estimate of drug-likeness (QED) is 0.407. The van der Waals surface area contributed by atoms with Gasteiger partial charge in [-0.1, -0.05) is 36.0 Å². The van der Waals surface area contributed by atoms with Gasteiger partial charge in [-0.15, -0.1) is 22.7 Å². The zero-order valence-corrected chi connectivity index (χ0v) is 18.0. The molecule has 1 N–H and O–H groups in total. The lowest BCUT2D eigenvalue weighted by Crippen LogP contribution is -2.30. The number of aromatic nitrogens is 1. The Balaban J connectivity index is 1.54. The van der Waals surface area contributed by atoms with Crippen molar-refractivity contribution in [3.8, 4) is 0 Å². The fourth-order valence-electron chi connectivity index (χ4n) is 2.48. The van der Waals surface area contributed by atoms with E-state index in [0.29, 0.717) is 11.3 Å². The van der Waals surface area contributed by atoms with Crippen molar-refractivity contribution in [3.05, 3.63) is 68.9 Å². The van der Waals surface area contributed by atoms with Gasteiger partial charge in [0, 0.05) is 21.7 Å². The number of carbonyl (C=O) groups is 2. The minimum Gasteiger partial charge on any atom is -0.452 e. The lowest BCUT2D eigenvalue weighted by molar-refractivity contribution is -0.124. The summed E-state index contributed by atoms with van der Waals surface area (Å²) in [5.41, 5.74) is 2.32. The van der Waals surface area contributed by atoms with E-state index in [1.165, 1.54) is 0 Å². The smallest absolute Gasteiger partial charge is 0.338 e. The third kappa shape index (κ3) is 5.67. The fourth-order valence-corrected chi connectivity index (χ4v) is 5.07. The SMILES string of the molecule is Cc1csc(SCc2ccccc2C(=O)OCC(=O)NC(C)c2cccs2)n1. The summed E-state index contributed by atoms with van der Waals surface area (Å²) >= 11 is 4.74. The summed E-state index contributed by atoms with van der Waals surface area (Å²) in [6.07, 6.45) is 0. The second kappa shape index (κ2) is 9.86. The maximum atomic E-state index is 12.5. The molecule has 3 aromatic rings. The lowest BCUT2D eigenvalue weighted by Gasteiger charge is -2.13. The Morgan fingerprint density at radius 1 is 1.21 bits per heavy atom. The van der Waals surface area contributed by atoms with Crippen LogP contribution in [-0.4, -0.2) is 23.5 Å². The zero-order chi connectivity index (χ0) is 19.9. The molecule has 0 aliphatic carbocycles. The molecule has 28 heavy (non-hydrogen) atoms. The highest BCUT2D eigenvalue weighted by Gasteiger charge is 2.16. The number of nitrogens with one attached hydrogen (secondary N) is 1. The van der Waals surface area contributed by atoms with Gasteiger partial charge in [-0.2, -0.15) is 0 Å². The topological polar surface area (TPSA) is 68.3 Å². The third-order valence-electron chi connectivity index (χ3n) is 3.87. The van der Waals surface area contributed by atoms with E-state index in [4.69, 9.17) is 4.74 Å². The first-order valence-electron chi connectivity index (χ1n) is 8.65. The van der Waals surface area contributed by atoms with Crippen molar-refractivity contribution >= 4 is 46.3 Å². The van der Waals surface area contributed by atoms with Gasteiger partial charge in [0.1, 0.15) is 4.34 Å². The van der Waals surface area contributed by atoms with Gasteiger partial charge >= 0.3 is 5.97 Å². The number of nitrogens with zero attached hydrogens (tertiary/aromatic N) is 1. The maximum Gasteiger partial charge on any atom is 0.338 e. The molecule has 2 heterocycles. The second-order valence-electron chi connectivity index (χ2n) is 6.08. The van der Waals surface area contributed by atoms with Crippen molar-refractivity contribution in [1.29, 1.82) is 0 Å². The molecule has 2 aromatic heterocycles. The normalized spacial score (nSPS) is 11.8. The van der Waals surface area contributed by atoms with Crippen molar-refractivity contribution in [2.75, 3.05) is 6.61 Å². The number of hydrogen-bond acceptors (Lipinski definition) is 7. The first kappa shape index (κ1) is 20.6. The minimum atomic E-state index is -0.495. The molecule has 1 unspecified atom stereocenters. The van der Waals surface area contributed by atoms with Crippen LogP contribution in [0.4, 0.5) is 0 Å². The van der Waals surface area contributed by atoms with Crippen LogP contribution in [0.25, 0.3) is 0 Å². The van der Waals surface area contributed by atoms with E-state index in [-0.39, 0.29) is 18.6 Å². The van der Waals surface area contributed by atoms with Crippen LogP contribution in [0.1, 0.15) is 39.5 Å². The third-order valence-corrected chi connectivity index (χ3v) is 7.11. The Hall–Kier alpha value is -2.16. The fraction of sp³-hybridized carbons (Fsp3) is 0.250. The van der Waals surface area contributed by atoms with Crippen LogP contribution < -0.4 is 5.32 Å². The number of carbonyl (C=O) groups excluding carboxylic acids is 2. The number of benzene rings is 1. The van der Waals surface area contributed by atoms with Crippen molar-refractivity contribution in [2.45, 2.75) is 30.0 Å². The monoisotopic (exact) mass is 432 g/mol. The van der Waals surface area contributed by atoms with Crippen molar-refractivity contribution < 1.29 is 14.3 Å². The standard InChI is InChI=1S/C20H20N2O3S3/c1-13-11-27-20(21-13)28-12-15-6-3-4-7-16(15)19(24)25-10-18(23)22-14(2)17-8-5-9-26-17/h3-9,11,14H,10,12H2,1-2H3,(H,22,23). The van der Waals surface area contributed by atoms with Gasteiger partial charge in [0.15, 0.2) is 6.61 Å². The lowest BCUT2D eigenvalue weighted by atomic mass is 10.1. The van der Waals surface area contributed by atoms with E-state index in [1.54, 1.807) is 46.6 Å². The average molecular weight is 433 g/mol. The molecule has 0 fully saturated rings. The van der Waals surface area contributed by atoms with Gasteiger partial charge in [0.2, 0.25) is 0 Å². The summed E-state index contributed by atoms with van der Waals surface area (Å²) in [5, 5.41) is 6.79. The summed E-state index contributed by atoms with van der Waals surface area (Å²) in [6.45, 7) is 3.55. The first-order valence-corrected chi connectivity index (χ1v) is 11.4. The van der Waals surface area contributed by atoms with Crippen LogP contribution in [0.2, 0.25) is 0 Å². The van der Waals surface area contributed by atoms with Gasteiger partial charge in [0.25, 0.3) is 5.91 Å². The van der Waals surface area contributed by atoms with Crippen molar-refractivity contribution in [2.24, 2.45) is 0 Å². The zero-order valence-electron chi connectivity index (χ0n) is 15.5. The number of rotatable bonds is 8. The van der Waals surface area contributed by atoms with Crippen LogP contribution in [-0.2, 0) is 15.3 Å². The molecule has 0 bridgehead atoms. The molecule has 1 atom stereocenters. The van der Waals surface area contributed by atoms with Gasteiger partial charge in [0.05, 0.1) is 11.6 Å². The molecule has 0 saturated heterocycles. The van der Waals surface area contributed by atoms with E-state index in [1.807, 2.05) is 48.9 Å². The van der Waals surface area contributed by atoms with Crippen LogP contribution in [0.3, 0.4) is 0 Å². The molecular formula is C20H20N2O3S3. The molecule has 0 spiro atoms. The molecule has 3 rings (SSSR count). The average Bonchev–Trinajstić information content (AvgIpc) is 3.36. The van der Waals surface area contributed by atoms with Gasteiger partial charge in [-0.25, -0.2) is 9.78 Å². The van der Waals surface area contributed by atoms with Crippen LogP contribution in [0, 0.1) is 6.92 Å². The summed E-state index contributed by atoms with van der Waals surface area (Å²) in [6, 6.07) is 11.1. The molecule has 0 saturated carbocycles. The van der Waals surface area contributed by atoms with Crippen molar-refractivity contribution in [1.82, 2.24) is 10.3 Å². The highest BCUT2D eigenvalue weighted by molar-refractivity contribution is 8.00. The molecule has 146 valence electrons. The Morgan fingerprint density at radius 3 is 2.75 bits per heavy atom. The van der Waals surface area contributed by atoms with Gasteiger partial charge < -0.3 is 10.1 Å². The molecule has 0 aliphatic rings. The number of thiazole rings is 1. The summed E-state index contributed by atoms with van der Waals surface area (Å²) < 4.78 is 6.20. The van der Waals surface area contributed by atoms with Crippen LogP contribution in [0.15, 0.2) is 51.5 Å². The van der Waals surface area contributed by atoms with Crippen molar-refractivity contribution in [3.63, 3.8) is 0 Å². The van der Waals surface area contributed by atoms with Crippen LogP contribution >= 0.6 is 34.4 Å². The predicted molar refractivity (Wildman–Crippen MR) is 114 cm³/mol. The Bertz CT molecular complexity index is 938. The van der Waals surface area contributed by atoms with Gasteiger partial charge in [-0.3, -0.25) is 4.79 Å². The molecule has 5 nitrogen and oxygen atoms in total.